The van der Waals surface area contributed by atoms with Crippen molar-refractivity contribution in [1.29, 1.82) is 0 Å². The van der Waals surface area contributed by atoms with E-state index in [1.54, 1.807) is 12.1 Å². The third-order valence-electron chi connectivity index (χ3n) is 3.70. The Morgan fingerprint density at radius 2 is 2.11 bits per heavy atom. The number of ether oxygens (including phenoxy) is 1. The largest absolute Gasteiger partial charge is 0.425 e. The third kappa shape index (κ3) is 5.70. The van der Waals surface area contributed by atoms with Gasteiger partial charge in [0.1, 0.15) is 15.9 Å². The third-order valence-corrected chi connectivity index (χ3v) is 6.31. The van der Waals surface area contributed by atoms with Gasteiger partial charge in [0.2, 0.25) is 0 Å². The van der Waals surface area contributed by atoms with Crippen LogP contribution in [0.2, 0.25) is 0 Å². The molecule has 0 spiro atoms. The molecule has 0 bridgehead atoms. The first-order chi connectivity index (χ1) is 12.8. The maximum Gasteiger partial charge on any atom is 0.345 e. The fraction of sp³-hybridized carbons (Fsp3) is 0.353. The Balaban J connectivity index is 2.13. The van der Waals surface area contributed by atoms with Gasteiger partial charge >= 0.3 is 11.0 Å². The predicted octanol–water partition coefficient (Wildman–Crippen LogP) is 4.45. The lowest BCUT2D eigenvalue weighted by molar-refractivity contribution is -0.380. The Hall–Kier alpha value is -2.08. The summed E-state index contributed by atoms with van der Waals surface area (Å²) in [5, 5.41) is 13.1. The van der Waals surface area contributed by atoms with Crippen molar-refractivity contribution in [2.24, 2.45) is 5.92 Å². The number of carbonyl (C=O) groups is 2. The summed E-state index contributed by atoms with van der Waals surface area (Å²) >= 11 is 2.80. The lowest BCUT2D eigenvalue weighted by atomic mass is 10.0. The second-order valence-electron chi connectivity index (χ2n) is 5.80. The highest BCUT2D eigenvalue weighted by atomic mass is 127. The number of halogens is 1. The number of nitrogens with one attached hydrogen (secondary N) is 1. The van der Waals surface area contributed by atoms with E-state index >= 15 is 0 Å². The maximum atomic E-state index is 12.5. The van der Waals surface area contributed by atoms with Crippen LogP contribution < -0.4 is 10.1 Å². The van der Waals surface area contributed by atoms with Crippen LogP contribution in [0.3, 0.4) is 0 Å². The van der Waals surface area contributed by atoms with Gasteiger partial charge in [0.05, 0.1) is 10.5 Å². The van der Waals surface area contributed by atoms with Crippen molar-refractivity contribution >= 4 is 55.9 Å². The van der Waals surface area contributed by atoms with Crippen molar-refractivity contribution in [3.63, 3.8) is 0 Å². The smallest absolute Gasteiger partial charge is 0.345 e. The van der Waals surface area contributed by atoms with Gasteiger partial charge in [-0.1, -0.05) is 55.0 Å². The summed E-state index contributed by atoms with van der Waals surface area (Å²) in [4.78, 5) is 38.8. The second-order valence-corrected chi connectivity index (χ2v) is 8.15. The monoisotopic (exact) mass is 503 g/mol. The first-order valence-electron chi connectivity index (χ1n) is 8.19. The number of hydrogen-bond donors (Lipinski definition) is 1. The van der Waals surface area contributed by atoms with E-state index in [1.165, 1.54) is 12.1 Å². The predicted molar refractivity (Wildman–Crippen MR) is 111 cm³/mol. The number of para-hydroxylation sites is 1. The van der Waals surface area contributed by atoms with Gasteiger partial charge in [0, 0.05) is 0 Å². The number of nitrogens with zero attached hydrogens (tertiary/aromatic N) is 2. The number of alkyl halides is 1. The summed E-state index contributed by atoms with van der Waals surface area (Å²) in [5.41, 5.74) is 0.149. The van der Waals surface area contributed by atoms with E-state index in [-0.39, 0.29) is 31.3 Å². The van der Waals surface area contributed by atoms with Gasteiger partial charge in [0.15, 0.2) is 5.13 Å². The molecule has 0 saturated heterocycles. The van der Waals surface area contributed by atoms with E-state index in [9.17, 15) is 19.7 Å². The number of aromatic nitrogens is 1. The van der Waals surface area contributed by atoms with Crippen LogP contribution in [0.4, 0.5) is 10.1 Å². The van der Waals surface area contributed by atoms with E-state index in [0.29, 0.717) is 0 Å². The minimum Gasteiger partial charge on any atom is -0.425 e. The van der Waals surface area contributed by atoms with Crippen LogP contribution in [0, 0.1) is 16.0 Å². The number of amides is 1. The normalized spacial score (nSPS) is 12.9. The molecular weight excluding hydrogens is 485 g/mol. The first-order valence-corrected chi connectivity index (χ1v) is 10.3. The molecule has 1 amide bonds. The van der Waals surface area contributed by atoms with Crippen LogP contribution in [0.25, 0.3) is 0 Å². The Bertz CT molecular complexity index is 841. The molecule has 0 aliphatic heterocycles. The lowest BCUT2D eigenvalue weighted by Crippen LogP contribution is -2.27. The van der Waals surface area contributed by atoms with Crippen molar-refractivity contribution in [2.75, 3.05) is 5.32 Å². The zero-order valence-electron chi connectivity index (χ0n) is 14.7. The molecule has 8 nitrogen and oxygen atoms in total. The zero-order valence-corrected chi connectivity index (χ0v) is 17.7. The molecule has 1 heterocycles. The highest BCUT2D eigenvalue weighted by Gasteiger charge is 2.25. The quantitative estimate of drug-likeness (QED) is 0.142. The van der Waals surface area contributed by atoms with Crippen LogP contribution in [-0.2, 0) is 4.79 Å². The molecule has 2 rings (SSSR count). The minimum absolute atomic E-state index is 0.0937. The molecule has 1 N–H and O–H groups in total. The molecule has 2 aromatic rings. The van der Waals surface area contributed by atoms with Gasteiger partial charge in [-0.25, -0.2) is 4.98 Å². The number of nitro groups is 1. The summed E-state index contributed by atoms with van der Waals surface area (Å²) in [6.45, 7) is 4.03. The molecule has 0 fully saturated rings. The van der Waals surface area contributed by atoms with Gasteiger partial charge in [-0.15, -0.1) is 0 Å². The minimum atomic E-state index is -0.582. The molecule has 0 saturated carbocycles. The van der Waals surface area contributed by atoms with E-state index in [1.807, 2.05) is 13.8 Å². The highest BCUT2D eigenvalue weighted by Crippen LogP contribution is 2.27. The van der Waals surface area contributed by atoms with Gasteiger partial charge in [-0.2, -0.15) is 0 Å². The molecule has 0 aliphatic rings. The molecule has 10 heteroatoms. The lowest BCUT2D eigenvalue weighted by Gasteiger charge is -2.17. The number of carbonyl (C=O) groups excluding carboxylic acids is 2. The fourth-order valence-corrected chi connectivity index (χ4v) is 3.43. The summed E-state index contributed by atoms with van der Waals surface area (Å²) in [5.74, 6) is -0.688. The summed E-state index contributed by atoms with van der Waals surface area (Å²) < 4.78 is 5.11. The molecule has 1 aromatic carbocycles. The summed E-state index contributed by atoms with van der Waals surface area (Å²) in [6.07, 6.45) is 2.93. The highest BCUT2D eigenvalue weighted by molar-refractivity contribution is 14.1. The Morgan fingerprint density at radius 1 is 1.41 bits per heavy atom. The standard InChI is InChI=1S/C17H18IN3O5S/c1-3-6-10(2)14(18)16(23)26-12-8-5-4-7-11(12)15(22)20-17-19-9-13(27-17)21(24)25/h4-5,7-10,14H,3,6H2,1-2H3,(H,19,20,22)/t10?,14-/m0/s1. The van der Waals surface area contributed by atoms with Gasteiger partial charge in [0.25, 0.3) is 5.91 Å². The fourth-order valence-electron chi connectivity index (χ4n) is 2.31. The van der Waals surface area contributed by atoms with Crippen molar-refractivity contribution in [2.45, 2.75) is 30.6 Å². The Kier molecular flexibility index (Phi) is 7.66. The number of esters is 1. The number of anilines is 1. The van der Waals surface area contributed by atoms with Crippen LogP contribution in [0.5, 0.6) is 5.75 Å². The van der Waals surface area contributed by atoms with Crippen molar-refractivity contribution in [3.05, 3.63) is 46.1 Å². The SMILES string of the molecule is CCCC(C)[C@H](I)C(=O)Oc1ccccc1C(=O)Nc1ncc([N+](=O)[O-])s1. The van der Waals surface area contributed by atoms with Crippen molar-refractivity contribution in [1.82, 2.24) is 4.98 Å². The van der Waals surface area contributed by atoms with E-state index in [2.05, 4.69) is 32.9 Å². The molecule has 144 valence electrons. The van der Waals surface area contributed by atoms with Gasteiger partial charge in [-0.3, -0.25) is 25.0 Å². The molecule has 2 atom stereocenters. The zero-order chi connectivity index (χ0) is 20.0. The van der Waals surface area contributed by atoms with Gasteiger partial charge in [-0.05, 0) is 35.8 Å². The number of rotatable bonds is 8. The second kappa shape index (κ2) is 9.74. The van der Waals surface area contributed by atoms with E-state index in [0.717, 1.165) is 30.4 Å². The summed E-state index contributed by atoms with van der Waals surface area (Å²) in [7, 11) is 0. The molecule has 0 aliphatic carbocycles. The van der Waals surface area contributed by atoms with E-state index < -0.39 is 16.8 Å². The maximum absolute atomic E-state index is 12.5. The average Bonchev–Trinajstić information content (AvgIpc) is 3.10. The topological polar surface area (TPSA) is 111 Å². The van der Waals surface area contributed by atoms with Gasteiger partial charge < -0.3 is 4.74 Å². The number of benzene rings is 1. The average molecular weight is 503 g/mol. The van der Waals surface area contributed by atoms with E-state index in [4.69, 9.17) is 4.74 Å². The molecule has 27 heavy (non-hydrogen) atoms. The van der Waals surface area contributed by atoms with Crippen molar-refractivity contribution < 1.29 is 19.2 Å². The molecule has 1 unspecified atom stereocenters. The number of hydrogen-bond acceptors (Lipinski definition) is 7. The molecular formula is C17H18IN3O5S. The Labute approximate surface area is 173 Å². The van der Waals surface area contributed by atoms with Crippen LogP contribution in [0.15, 0.2) is 30.5 Å². The Morgan fingerprint density at radius 3 is 2.74 bits per heavy atom. The molecule has 0 radical (unpaired) electrons. The van der Waals surface area contributed by atoms with Crippen molar-refractivity contribution in [3.8, 4) is 5.75 Å². The van der Waals surface area contributed by atoms with Crippen LogP contribution >= 0.6 is 33.9 Å². The number of thiazole rings is 1. The first kappa shape index (κ1) is 21.2. The van der Waals surface area contributed by atoms with Crippen LogP contribution in [-0.4, -0.2) is 25.7 Å². The summed E-state index contributed by atoms with van der Waals surface area (Å²) in [6, 6.07) is 6.34. The molecule has 1 aromatic heterocycles. The van der Waals surface area contributed by atoms with Crippen LogP contribution in [0.1, 0.15) is 37.0 Å².